The highest BCUT2D eigenvalue weighted by Gasteiger charge is 2.11. The Hall–Kier alpha value is -2.14. The lowest BCUT2D eigenvalue weighted by atomic mass is 10.2. The van der Waals surface area contributed by atoms with Crippen LogP contribution in [0, 0.1) is 0 Å². The highest BCUT2D eigenvalue weighted by atomic mass is 32.2. The fourth-order valence-electron chi connectivity index (χ4n) is 2.08. The summed E-state index contributed by atoms with van der Waals surface area (Å²) in [6.45, 7) is 0.493. The van der Waals surface area contributed by atoms with Crippen LogP contribution in [0.4, 0.5) is 5.82 Å². The summed E-state index contributed by atoms with van der Waals surface area (Å²) in [6, 6.07) is 12.0. The topological polar surface area (TPSA) is 52.5 Å². The van der Waals surface area contributed by atoms with Gasteiger partial charge < -0.3 is 10.5 Å². The Morgan fingerprint density at radius 3 is 2.85 bits per heavy atom. The number of nitrogens with zero attached hydrogens (tertiary/aromatic N) is 2. The zero-order valence-corrected chi connectivity index (χ0v) is 11.9. The fourth-order valence-corrected chi connectivity index (χ4v) is 2.61. The molecule has 4 nitrogen and oxygen atoms in total. The number of benzene rings is 1. The standard InChI is InChI=1S/C15H15N3OS/c1-20-13-9-12-15(17-7-8-18(12)14(13)16)19-10-11-5-3-2-4-6-11/h2-9H,10,16H2,1H3. The molecule has 0 atom stereocenters. The Morgan fingerprint density at radius 1 is 1.30 bits per heavy atom. The summed E-state index contributed by atoms with van der Waals surface area (Å²) in [5.74, 6) is 1.32. The van der Waals surface area contributed by atoms with Gasteiger partial charge in [-0.25, -0.2) is 4.98 Å². The number of hydrogen-bond acceptors (Lipinski definition) is 4. The van der Waals surface area contributed by atoms with Gasteiger partial charge in [-0.1, -0.05) is 30.3 Å². The molecular weight excluding hydrogens is 270 g/mol. The van der Waals surface area contributed by atoms with Crippen molar-refractivity contribution in [3.05, 3.63) is 54.4 Å². The van der Waals surface area contributed by atoms with Crippen molar-refractivity contribution in [2.75, 3.05) is 12.0 Å². The summed E-state index contributed by atoms with van der Waals surface area (Å²) < 4.78 is 7.72. The molecule has 0 unspecified atom stereocenters. The van der Waals surface area contributed by atoms with Gasteiger partial charge in [0.05, 0.1) is 4.90 Å². The van der Waals surface area contributed by atoms with E-state index in [4.69, 9.17) is 10.5 Å². The van der Waals surface area contributed by atoms with E-state index in [1.54, 1.807) is 18.0 Å². The van der Waals surface area contributed by atoms with Crippen molar-refractivity contribution >= 4 is 23.1 Å². The van der Waals surface area contributed by atoms with Crippen LogP contribution in [0.3, 0.4) is 0 Å². The number of anilines is 1. The molecule has 0 amide bonds. The van der Waals surface area contributed by atoms with Crippen LogP contribution in [0.1, 0.15) is 5.56 Å². The van der Waals surface area contributed by atoms with Crippen molar-refractivity contribution in [2.24, 2.45) is 0 Å². The van der Waals surface area contributed by atoms with Gasteiger partial charge in [0.15, 0.2) is 0 Å². The van der Waals surface area contributed by atoms with Crippen LogP contribution in [-0.2, 0) is 6.61 Å². The molecule has 3 aromatic rings. The van der Waals surface area contributed by atoms with Crippen molar-refractivity contribution in [1.29, 1.82) is 0 Å². The second kappa shape index (κ2) is 5.46. The molecular formula is C15H15N3OS. The predicted octanol–water partition coefficient (Wildman–Crippen LogP) is 3.22. The number of nitrogens with two attached hydrogens (primary N) is 1. The average molecular weight is 285 g/mol. The minimum atomic E-state index is 0.493. The maximum atomic E-state index is 6.08. The van der Waals surface area contributed by atoms with Crippen molar-refractivity contribution in [2.45, 2.75) is 11.5 Å². The third kappa shape index (κ3) is 2.32. The van der Waals surface area contributed by atoms with Crippen LogP contribution < -0.4 is 10.5 Å². The summed E-state index contributed by atoms with van der Waals surface area (Å²) in [5.41, 5.74) is 8.09. The zero-order chi connectivity index (χ0) is 13.9. The summed E-state index contributed by atoms with van der Waals surface area (Å²) >= 11 is 1.62. The van der Waals surface area contributed by atoms with E-state index in [0.717, 1.165) is 21.8 Å². The van der Waals surface area contributed by atoms with E-state index in [1.165, 1.54) is 0 Å². The van der Waals surface area contributed by atoms with Crippen LogP contribution in [0.25, 0.3) is 5.52 Å². The van der Waals surface area contributed by atoms with Crippen LogP contribution in [0.15, 0.2) is 53.7 Å². The van der Waals surface area contributed by atoms with E-state index < -0.39 is 0 Å². The smallest absolute Gasteiger partial charge is 0.238 e. The Labute approximate surface area is 121 Å². The monoisotopic (exact) mass is 285 g/mol. The Morgan fingerprint density at radius 2 is 2.10 bits per heavy atom. The molecule has 0 bridgehead atoms. The predicted molar refractivity (Wildman–Crippen MR) is 82.2 cm³/mol. The molecule has 1 aromatic carbocycles. The quantitative estimate of drug-likeness (QED) is 0.748. The second-order valence-corrected chi connectivity index (χ2v) is 5.21. The second-order valence-electron chi connectivity index (χ2n) is 4.36. The van der Waals surface area contributed by atoms with Gasteiger partial charge in [0.25, 0.3) is 0 Å². The largest absolute Gasteiger partial charge is 0.471 e. The molecule has 20 heavy (non-hydrogen) atoms. The lowest BCUT2D eigenvalue weighted by Crippen LogP contribution is -2.00. The molecule has 3 rings (SSSR count). The van der Waals surface area contributed by atoms with Crippen LogP contribution >= 0.6 is 11.8 Å². The van der Waals surface area contributed by atoms with E-state index in [1.807, 2.05) is 53.3 Å². The first-order chi connectivity index (χ1) is 9.79. The van der Waals surface area contributed by atoms with Gasteiger partial charge in [0.2, 0.25) is 5.88 Å². The molecule has 0 spiro atoms. The Bertz CT molecular complexity index is 725. The number of ether oxygens (including phenoxy) is 1. The summed E-state index contributed by atoms with van der Waals surface area (Å²) in [4.78, 5) is 5.33. The third-order valence-electron chi connectivity index (χ3n) is 3.10. The molecule has 0 aliphatic rings. The van der Waals surface area contributed by atoms with Crippen molar-refractivity contribution in [1.82, 2.24) is 9.38 Å². The number of thioether (sulfide) groups is 1. The van der Waals surface area contributed by atoms with Crippen molar-refractivity contribution in [3.63, 3.8) is 0 Å². The minimum absolute atomic E-state index is 0.493. The van der Waals surface area contributed by atoms with Gasteiger partial charge in [0, 0.05) is 12.4 Å². The number of aromatic nitrogens is 2. The molecule has 5 heteroatoms. The first-order valence-corrected chi connectivity index (χ1v) is 7.48. The first kappa shape index (κ1) is 12.9. The van der Waals surface area contributed by atoms with E-state index in [-0.39, 0.29) is 0 Å². The average Bonchev–Trinajstić information content (AvgIpc) is 2.83. The molecule has 0 aliphatic heterocycles. The van der Waals surface area contributed by atoms with Gasteiger partial charge >= 0.3 is 0 Å². The minimum Gasteiger partial charge on any atom is -0.471 e. The fraction of sp³-hybridized carbons (Fsp3) is 0.133. The molecule has 0 aliphatic carbocycles. The lowest BCUT2D eigenvalue weighted by Gasteiger charge is -2.07. The molecule has 0 fully saturated rings. The van der Waals surface area contributed by atoms with E-state index in [2.05, 4.69) is 4.98 Å². The van der Waals surface area contributed by atoms with E-state index in [9.17, 15) is 0 Å². The summed E-state index contributed by atoms with van der Waals surface area (Å²) in [6.07, 6.45) is 5.55. The number of hydrogen-bond donors (Lipinski definition) is 1. The SMILES string of the molecule is CSc1cc2c(OCc3ccccc3)nccn2c1N. The van der Waals surface area contributed by atoms with E-state index in [0.29, 0.717) is 12.5 Å². The van der Waals surface area contributed by atoms with Crippen LogP contribution in [0.5, 0.6) is 5.88 Å². The van der Waals surface area contributed by atoms with Crippen molar-refractivity contribution < 1.29 is 4.74 Å². The molecule has 2 N–H and O–H groups in total. The van der Waals surface area contributed by atoms with Crippen LogP contribution in [-0.4, -0.2) is 15.6 Å². The number of nitrogen functional groups attached to an aromatic ring is 1. The van der Waals surface area contributed by atoms with Gasteiger partial charge in [-0.2, -0.15) is 0 Å². The Balaban J connectivity index is 1.92. The summed E-state index contributed by atoms with van der Waals surface area (Å²) in [5, 5.41) is 0. The normalized spacial score (nSPS) is 10.8. The Kier molecular flexibility index (Phi) is 3.52. The highest BCUT2D eigenvalue weighted by Crippen LogP contribution is 2.30. The third-order valence-corrected chi connectivity index (χ3v) is 3.87. The maximum absolute atomic E-state index is 6.08. The van der Waals surface area contributed by atoms with Crippen LogP contribution in [0.2, 0.25) is 0 Å². The van der Waals surface area contributed by atoms with Gasteiger partial charge in [-0.3, -0.25) is 4.40 Å². The zero-order valence-electron chi connectivity index (χ0n) is 11.1. The molecule has 0 saturated carbocycles. The molecule has 2 heterocycles. The molecule has 0 radical (unpaired) electrons. The molecule has 0 saturated heterocycles. The first-order valence-electron chi connectivity index (χ1n) is 6.26. The number of rotatable bonds is 4. The van der Waals surface area contributed by atoms with Gasteiger partial charge in [-0.05, 0) is 17.9 Å². The lowest BCUT2D eigenvalue weighted by molar-refractivity contribution is 0.296. The van der Waals surface area contributed by atoms with Crippen molar-refractivity contribution in [3.8, 4) is 5.88 Å². The maximum Gasteiger partial charge on any atom is 0.238 e. The van der Waals surface area contributed by atoms with Gasteiger partial charge in [-0.15, -0.1) is 11.8 Å². The number of fused-ring (bicyclic) bond motifs is 1. The van der Waals surface area contributed by atoms with E-state index >= 15 is 0 Å². The van der Waals surface area contributed by atoms with Gasteiger partial charge in [0.1, 0.15) is 17.9 Å². The summed E-state index contributed by atoms with van der Waals surface area (Å²) in [7, 11) is 0. The molecule has 2 aromatic heterocycles. The highest BCUT2D eigenvalue weighted by molar-refractivity contribution is 7.98. The molecule has 102 valence electrons.